The van der Waals surface area contributed by atoms with Crippen LogP contribution in [0.25, 0.3) is 0 Å². The number of hydrogen-bond donors (Lipinski definition) is 1. The van der Waals surface area contributed by atoms with Crippen molar-refractivity contribution in [2.75, 3.05) is 0 Å². The Morgan fingerprint density at radius 1 is 1.15 bits per heavy atom. The predicted octanol–water partition coefficient (Wildman–Crippen LogP) is 4.19. The fourth-order valence-corrected chi connectivity index (χ4v) is 1.86. The lowest BCUT2D eigenvalue weighted by Crippen LogP contribution is -1.95. The van der Waals surface area contributed by atoms with E-state index in [1.165, 1.54) is 24.3 Å². The molecule has 0 unspecified atom stereocenters. The minimum absolute atomic E-state index is 0.115. The zero-order valence-electron chi connectivity index (χ0n) is 10.0. The first-order valence-electron chi connectivity index (χ1n) is 5.52. The van der Waals surface area contributed by atoms with Gasteiger partial charge in [0.05, 0.1) is 21.6 Å². The molecule has 20 heavy (non-hydrogen) atoms. The number of hydrogen-bond acceptors (Lipinski definition) is 4. The van der Waals surface area contributed by atoms with Gasteiger partial charge in [0.1, 0.15) is 11.5 Å². The summed E-state index contributed by atoms with van der Waals surface area (Å²) in [6, 6.07) is 8.68. The summed E-state index contributed by atoms with van der Waals surface area (Å²) >= 11 is 11.7. The molecule has 0 aromatic heterocycles. The van der Waals surface area contributed by atoms with Crippen LogP contribution in [-0.4, -0.2) is 10.0 Å². The predicted molar refractivity (Wildman–Crippen MR) is 75.6 cm³/mol. The van der Waals surface area contributed by atoms with E-state index in [1.807, 2.05) is 0 Å². The second-order valence-electron chi connectivity index (χ2n) is 3.89. The van der Waals surface area contributed by atoms with Gasteiger partial charge in [0.15, 0.2) is 0 Å². The summed E-state index contributed by atoms with van der Waals surface area (Å²) < 4.78 is 5.55. The number of non-ortho nitro benzene ring substituents is 1. The van der Waals surface area contributed by atoms with Gasteiger partial charge in [-0.05, 0) is 18.2 Å². The summed E-state index contributed by atoms with van der Waals surface area (Å²) in [5.74, 6) is 0.736. The summed E-state index contributed by atoms with van der Waals surface area (Å²) in [5, 5.41) is 20.6. The van der Waals surface area contributed by atoms with Gasteiger partial charge in [-0.1, -0.05) is 23.2 Å². The van der Waals surface area contributed by atoms with E-state index in [4.69, 9.17) is 27.9 Å². The molecule has 104 valence electrons. The van der Waals surface area contributed by atoms with E-state index in [9.17, 15) is 15.2 Å². The first-order chi connectivity index (χ1) is 9.51. The Morgan fingerprint density at radius 3 is 2.50 bits per heavy atom. The molecule has 0 bridgehead atoms. The molecule has 0 saturated carbocycles. The van der Waals surface area contributed by atoms with Crippen molar-refractivity contribution in [3.63, 3.8) is 0 Å². The van der Waals surface area contributed by atoms with Crippen LogP contribution in [0.15, 0.2) is 36.4 Å². The van der Waals surface area contributed by atoms with Gasteiger partial charge in [-0.15, -0.1) is 0 Å². The number of ether oxygens (including phenoxy) is 1. The van der Waals surface area contributed by atoms with E-state index in [0.29, 0.717) is 27.1 Å². The van der Waals surface area contributed by atoms with Crippen LogP contribution in [0.1, 0.15) is 5.56 Å². The van der Waals surface area contributed by atoms with Crippen molar-refractivity contribution in [3.8, 4) is 11.5 Å². The van der Waals surface area contributed by atoms with Gasteiger partial charge in [0, 0.05) is 23.8 Å². The highest BCUT2D eigenvalue weighted by Gasteiger charge is 2.12. The van der Waals surface area contributed by atoms with E-state index >= 15 is 0 Å². The maximum atomic E-state index is 10.7. The first kappa shape index (κ1) is 14.6. The maximum Gasteiger partial charge on any atom is 0.270 e. The van der Waals surface area contributed by atoms with Crippen molar-refractivity contribution < 1.29 is 14.8 Å². The Balaban J connectivity index is 2.32. The molecule has 0 aliphatic carbocycles. The SMILES string of the molecule is O=[N+]([O-])c1ccc(Oc2ccc(Cl)c(Cl)c2)c(CO)c1. The van der Waals surface area contributed by atoms with E-state index in [2.05, 4.69) is 0 Å². The Morgan fingerprint density at radius 2 is 1.90 bits per heavy atom. The highest BCUT2D eigenvalue weighted by atomic mass is 35.5. The Bertz CT molecular complexity index is 661. The molecule has 0 heterocycles. The highest BCUT2D eigenvalue weighted by Crippen LogP contribution is 2.32. The maximum absolute atomic E-state index is 10.7. The minimum Gasteiger partial charge on any atom is -0.457 e. The fraction of sp³-hybridized carbons (Fsp3) is 0.0769. The van der Waals surface area contributed by atoms with E-state index in [1.54, 1.807) is 12.1 Å². The first-order valence-corrected chi connectivity index (χ1v) is 6.28. The zero-order chi connectivity index (χ0) is 14.7. The number of benzene rings is 2. The second kappa shape index (κ2) is 6.09. The molecule has 0 amide bonds. The monoisotopic (exact) mass is 313 g/mol. The topological polar surface area (TPSA) is 72.6 Å². The lowest BCUT2D eigenvalue weighted by Gasteiger charge is -2.10. The van der Waals surface area contributed by atoms with Crippen molar-refractivity contribution in [2.45, 2.75) is 6.61 Å². The van der Waals surface area contributed by atoms with Crippen LogP contribution < -0.4 is 4.74 Å². The number of halogens is 2. The molecule has 1 N–H and O–H groups in total. The summed E-state index contributed by atoms with van der Waals surface area (Å²) in [4.78, 5) is 10.1. The highest BCUT2D eigenvalue weighted by molar-refractivity contribution is 6.42. The summed E-state index contributed by atoms with van der Waals surface area (Å²) in [6.45, 7) is -0.377. The Labute approximate surface area is 124 Å². The molecule has 0 fully saturated rings. The summed E-state index contributed by atoms with van der Waals surface area (Å²) in [7, 11) is 0. The van der Waals surface area contributed by atoms with Crippen LogP contribution in [0.5, 0.6) is 11.5 Å². The van der Waals surface area contributed by atoms with E-state index in [0.717, 1.165) is 0 Å². The van der Waals surface area contributed by atoms with Gasteiger partial charge in [0.2, 0.25) is 0 Å². The lowest BCUT2D eigenvalue weighted by atomic mass is 10.2. The second-order valence-corrected chi connectivity index (χ2v) is 4.70. The fourth-order valence-electron chi connectivity index (χ4n) is 1.57. The van der Waals surface area contributed by atoms with Gasteiger partial charge in [-0.2, -0.15) is 0 Å². The number of nitro benzene ring substituents is 1. The largest absolute Gasteiger partial charge is 0.457 e. The third kappa shape index (κ3) is 3.19. The van der Waals surface area contributed by atoms with Gasteiger partial charge in [0.25, 0.3) is 5.69 Å². The molecule has 0 saturated heterocycles. The molecule has 0 radical (unpaired) electrons. The van der Waals surface area contributed by atoms with E-state index in [-0.39, 0.29) is 12.3 Å². The Hall–Kier alpha value is -1.82. The van der Waals surface area contributed by atoms with Crippen molar-refractivity contribution in [1.82, 2.24) is 0 Å². The van der Waals surface area contributed by atoms with Crippen LogP contribution >= 0.6 is 23.2 Å². The quantitative estimate of drug-likeness (QED) is 0.678. The number of nitro groups is 1. The number of nitrogens with zero attached hydrogens (tertiary/aromatic N) is 1. The average Bonchev–Trinajstić information content (AvgIpc) is 2.43. The number of rotatable bonds is 4. The van der Waals surface area contributed by atoms with Crippen LogP contribution in [-0.2, 0) is 6.61 Å². The van der Waals surface area contributed by atoms with Gasteiger partial charge in [-0.3, -0.25) is 10.1 Å². The molecular formula is C13H9Cl2NO4. The molecule has 0 aliphatic heterocycles. The minimum atomic E-state index is -0.540. The number of aliphatic hydroxyl groups excluding tert-OH is 1. The summed E-state index contributed by atoms with van der Waals surface area (Å²) in [6.07, 6.45) is 0. The molecule has 0 atom stereocenters. The standard InChI is InChI=1S/C13H9Cl2NO4/c14-11-3-2-10(6-12(11)15)20-13-4-1-9(16(18)19)5-8(13)7-17/h1-6,17H,7H2. The third-order valence-electron chi connectivity index (χ3n) is 2.54. The van der Waals surface area contributed by atoms with Gasteiger partial charge in [-0.25, -0.2) is 0 Å². The molecule has 7 heteroatoms. The molecular weight excluding hydrogens is 305 g/mol. The van der Waals surface area contributed by atoms with Gasteiger partial charge < -0.3 is 9.84 Å². The van der Waals surface area contributed by atoms with Crippen molar-refractivity contribution in [1.29, 1.82) is 0 Å². The van der Waals surface area contributed by atoms with Crippen molar-refractivity contribution in [3.05, 3.63) is 62.1 Å². The molecule has 2 aromatic carbocycles. The molecule has 0 spiro atoms. The third-order valence-corrected chi connectivity index (χ3v) is 3.28. The molecule has 5 nitrogen and oxygen atoms in total. The summed E-state index contributed by atoms with van der Waals surface area (Å²) in [5.41, 5.74) is 0.195. The molecule has 2 aromatic rings. The van der Waals surface area contributed by atoms with Crippen LogP contribution in [0, 0.1) is 10.1 Å². The zero-order valence-corrected chi connectivity index (χ0v) is 11.6. The molecule has 2 rings (SSSR count). The van der Waals surface area contributed by atoms with Crippen LogP contribution in [0.4, 0.5) is 5.69 Å². The molecule has 0 aliphatic rings. The van der Waals surface area contributed by atoms with E-state index < -0.39 is 4.92 Å². The van der Waals surface area contributed by atoms with Crippen molar-refractivity contribution >= 4 is 28.9 Å². The van der Waals surface area contributed by atoms with Crippen molar-refractivity contribution in [2.24, 2.45) is 0 Å². The lowest BCUT2D eigenvalue weighted by molar-refractivity contribution is -0.385. The average molecular weight is 314 g/mol. The Kier molecular flexibility index (Phi) is 4.44. The van der Waals surface area contributed by atoms with Crippen LogP contribution in [0.2, 0.25) is 10.0 Å². The normalized spacial score (nSPS) is 10.3. The van der Waals surface area contributed by atoms with Crippen LogP contribution in [0.3, 0.4) is 0 Å². The smallest absolute Gasteiger partial charge is 0.270 e. The number of aliphatic hydroxyl groups is 1. The van der Waals surface area contributed by atoms with Gasteiger partial charge >= 0.3 is 0 Å².